The molecule has 0 radical (unpaired) electrons. The van der Waals surface area contributed by atoms with E-state index in [-0.39, 0.29) is 24.9 Å². The van der Waals surface area contributed by atoms with Gasteiger partial charge >= 0.3 is 0 Å². The maximum absolute atomic E-state index is 14.1. The molecule has 0 bridgehead atoms. The molecular formula is C31H38BrN3O4S. The summed E-state index contributed by atoms with van der Waals surface area (Å²) in [6, 6.07) is 21.5. The Hall–Kier alpha value is -3.17. The maximum Gasteiger partial charge on any atom is 0.244 e. The van der Waals surface area contributed by atoms with Crippen LogP contribution in [0.25, 0.3) is 0 Å². The Morgan fingerprint density at radius 1 is 0.950 bits per heavy atom. The van der Waals surface area contributed by atoms with Crippen molar-refractivity contribution in [1.29, 1.82) is 0 Å². The molecule has 0 saturated carbocycles. The van der Waals surface area contributed by atoms with E-state index in [1.54, 1.807) is 6.07 Å². The molecule has 9 heteroatoms. The lowest BCUT2D eigenvalue weighted by molar-refractivity contribution is -0.140. The molecule has 3 rings (SSSR count). The summed E-state index contributed by atoms with van der Waals surface area (Å²) >= 11 is 3.45. The minimum absolute atomic E-state index is 0.0851. The lowest BCUT2D eigenvalue weighted by Crippen LogP contribution is -2.54. The summed E-state index contributed by atoms with van der Waals surface area (Å²) in [6.45, 7) is 7.36. The lowest BCUT2D eigenvalue weighted by Gasteiger charge is -2.34. The number of anilines is 1. The molecule has 0 fully saturated rings. The molecule has 0 heterocycles. The molecule has 0 saturated heterocycles. The number of rotatable bonds is 12. The van der Waals surface area contributed by atoms with E-state index in [1.807, 2.05) is 94.4 Å². The molecule has 214 valence electrons. The SMILES string of the molecule is CC[C@H](C)NC(=O)[C@@H](Cc1ccccc1)N(Cc1ccc(Br)cc1)C(=O)CN(c1ccc(C)cc1C)S(C)(=O)=O. The largest absolute Gasteiger partial charge is 0.352 e. The average molecular weight is 629 g/mol. The van der Waals surface area contributed by atoms with Crippen molar-refractivity contribution in [2.75, 3.05) is 17.1 Å². The van der Waals surface area contributed by atoms with Gasteiger partial charge in [0.2, 0.25) is 21.8 Å². The number of carbonyl (C=O) groups is 2. The van der Waals surface area contributed by atoms with Crippen LogP contribution in [-0.2, 0) is 32.6 Å². The van der Waals surface area contributed by atoms with Crippen LogP contribution in [0.4, 0.5) is 5.69 Å². The van der Waals surface area contributed by atoms with E-state index in [9.17, 15) is 18.0 Å². The van der Waals surface area contributed by atoms with Crippen LogP contribution in [0.15, 0.2) is 77.3 Å². The Morgan fingerprint density at radius 2 is 1.60 bits per heavy atom. The van der Waals surface area contributed by atoms with Gasteiger partial charge in [0.25, 0.3) is 0 Å². The first-order chi connectivity index (χ1) is 18.9. The van der Waals surface area contributed by atoms with Crippen molar-refractivity contribution in [3.05, 3.63) is 99.5 Å². The van der Waals surface area contributed by atoms with Crippen LogP contribution in [0, 0.1) is 13.8 Å². The summed E-state index contributed by atoms with van der Waals surface area (Å²) in [6.07, 6.45) is 2.11. The zero-order chi connectivity index (χ0) is 29.4. The van der Waals surface area contributed by atoms with E-state index >= 15 is 0 Å². The van der Waals surface area contributed by atoms with E-state index in [0.717, 1.165) is 43.7 Å². The third-order valence-corrected chi connectivity index (χ3v) is 8.49. The lowest BCUT2D eigenvalue weighted by atomic mass is 10.0. The highest BCUT2D eigenvalue weighted by Gasteiger charge is 2.33. The number of nitrogens with one attached hydrogen (secondary N) is 1. The molecule has 40 heavy (non-hydrogen) atoms. The Balaban J connectivity index is 2.07. The van der Waals surface area contributed by atoms with Crippen molar-refractivity contribution in [2.24, 2.45) is 0 Å². The van der Waals surface area contributed by atoms with E-state index in [0.29, 0.717) is 5.69 Å². The fourth-order valence-corrected chi connectivity index (χ4v) is 5.63. The van der Waals surface area contributed by atoms with Crippen LogP contribution in [0.5, 0.6) is 0 Å². The second kappa shape index (κ2) is 13.9. The Bertz CT molecular complexity index is 1410. The topological polar surface area (TPSA) is 86.8 Å². The summed E-state index contributed by atoms with van der Waals surface area (Å²) in [7, 11) is -3.81. The molecule has 3 aromatic rings. The number of nitrogens with zero attached hydrogens (tertiary/aromatic N) is 2. The molecule has 0 aliphatic heterocycles. The van der Waals surface area contributed by atoms with Crippen molar-refractivity contribution in [3.63, 3.8) is 0 Å². The van der Waals surface area contributed by atoms with Gasteiger partial charge in [0.15, 0.2) is 0 Å². The van der Waals surface area contributed by atoms with Crippen LogP contribution < -0.4 is 9.62 Å². The number of sulfonamides is 1. The van der Waals surface area contributed by atoms with Gasteiger partial charge in [0, 0.05) is 23.5 Å². The molecule has 0 unspecified atom stereocenters. The molecule has 1 N–H and O–H groups in total. The molecule has 3 aromatic carbocycles. The monoisotopic (exact) mass is 627 g/mol. The summed E-state index contributed by atoms with van der Waals surface area (Å²) in [5.74, 6) is -0.741. The normalized spacial score (nSPS) is 12.8. The summed E-state index contributed by atoms with van der Waals surface area (Å²) in [5.41, 5.74) is 3.89. The van der Waals surface area contributed by atoms with E-state index < -0.39 is 28.5 Å². The predicted molar refractivity (Wildman–Crippen MR) is 165 cm³/mol. The molecule has 2 atom stereocenters. The van der Waals surface area contributed by atoms with Gasteiger partial charge in [-0.25, -0.2) is 8.42 Å². The molecular weight excluding hydrogens is 590 g/mol. The van der Waals surface area contributed by atoms with Crippen LogP contribution >= 0.6 is 15.9 Å². The number of amides is 2. The van der Waals surface area contributed by atoms with Crippen molar-refractivity contribution >= 4 is 43.5 Å². The van der Waals surface area contributed by atoms with Gasteiger partial charge in [-0.05, 0) is 62.1 Å². The van der Waals surface area contributed by atoms with E-state index in [4.69, 9.17) is 0 Å². The van der Waals surface area contributed by atoms with Gasteiger partial charge in [-0.15, -0.1) is 0 Å². The smallest absolute Gasteiger partial charge is 0.244 e. The molecule has 0 aliphatic carbocycles. The number of benzene rings is 3. The number of halogens is 1. The molecule has 0 aliphatic rings. The molecule has 0 spiro atoms. The first kappa shape index (κ1) is 31.4. The summed E-state index contributed by atoms with van der Waals surface area (Å²) in [5, 5.41) is 3.04. The molecule has 7 nitrogen and oxygen atoms in total. The van der Waals surface area contributed by atoms with Gasteiger partial charge in [-0.3, -0.25) is 13.9 Å². The van der Waals surface area contributed by atoms with Crippen molar-refractivity contribution in [3.8, 4) is 0 Å². The van der Waals surface area contributed by atoms with Gasteiger partial charge in [-0.1, -0.05) is 83.0 Å². The summed E-state index contributed by atoms with van der Waals surface area (Å²) in [4.78, 5) is 29.4. The minimum Gasteiger partial charge on any atom is -0.352 e. The minimum atomic E-state index is -3.81. The maximum atomic E-state index is 14.1. The first-order valence-corrected chi connectivity index (χ1v) is 16.0. The predicted octanol–water partition coefficient (Wildman–Crippen LogP) is 5.39. The van der Waals surface area contributed by atoms with Crippen LogP contribution in [0.2, 0.25) is 0 Å². The van der Waals surface area contributed by atoms with Gasteiger partial charge in [0.05, 0.1) is 11.9 Å². The highest BCUT2D eigenvalue weighted by atomic mass is 79.9. The molecule has 0 aromatic heterocycles. The summed E-state index contributed by atoms with van der Waals surface area (Å²) < 4.78 is 28.0. The standard InChI is InChI=1S/C31H38BrN3O4S/c1-6-24(4)33-31(37)29(19-25-10-8-7-9-11-25)34(20-26-13-15-27(32)16-14-26)30(36)21-35(40(5,38)39)28-17-12-22(2)18-23(28)3/h7-18,24,29H,6,19-21H2,1-5H3,(H,33,37)/t24-,29+/m0/s1. The van der Waals surface area contributed by atoms with Crippen LogP contribution in [0.1, 0.15) is 42.5 Å². The third-order valence-electron chi connectivity index (χ3n) is 6.84. The quantitative estimate of drug-likeness (QED) is 0.292. The van der Waals surface area contributed by atoms with Gasteiger partial charge in [0.1, 0.15) is 12.6 Å². The van der Waals surface area contributed by atoms with Gasteiger partial charge in [-0.2, -0.15) is 0 Å². The fourth-order valence-electron chi connectivity index (χ4n) is 4.46. The number of carbonyl (C=O) groups excluding carboxylic acids is 2. The second-order valence-electron chi connectivity index (χ2n) is 10.2. The Morgan fingerprint density at radius 3 is 2.17 bits per heavy atom. The zero-order valence-electron chi connectivity index (χ0n) is 23.7. The third kappa shape index (κ3) is 8.66. The number of hydrogen-bond donors (Lipinski definition) is 1. The highest BCUT2D eigenvalue weighted by Crippen LogP contribution is 2.25. The van der Waals surface area contributed by atoms with Gasteiger partial charge < -0.3 is 10.2 Å². The van der Waals surface area contributed by atoms with Crippen LogP contribution in [0.3, 0.4) is 0 Å². The number of aryl methyl sites for hydroxylation is 2. The second-order valence-corrected chi connectivity index (χ2v) is 13.1. The molecule has 2 amide bonds. The first-order valence-electron chi connectivity index (χ1n) is 13.3. The van der Waals surface area contributed by atoms with E-state index in [2.05, 4.69) is 21.2 Å². The fraction of sp³-hybridized carbons (Fsp3) is 0.355. The van der Waals surface area contributed by atoms with Crippen molar-refractivity contribution < 1.29 is 18.0 Å². The van der Waals surface area contributed by atoms with Crippen molar-refractivity contribution in [2.45, 2.75) is 59.2 Å². The average Bonchev–Trinajstić information content (AvgIpc) is 2.90. The van der Waals surface area contributed by atoms with Crippen LogP contribution in [-0.4, -0.2) is 50.0 Å². The Kier molecular flexibility index (Phi) is 10.9. The van der Waals surface area contributed by atoms with E-state index in [1.165, 1.54) is 4.90 Å². The highest BCUT2D eigenvalue weighted by molar-refractivity contribution is 9.10. The zero-order valence-corrected chi connectivity index (χ0v) is 26.1. The van der Waals surface area contributed by atoms with Crippen molar-refractivity contribution in [1.82, 2.24) is 10.2 Å². The Labute approximate surface area is 246 Å². The number of hydrogen-bond acceptors (Lipinski definition) is 4.